The number of para-hydroxylation sites is 1. The second-order valence-corrected chi connectivity index (χ2v) is 5.54. The third kappa shape index (κ3) is 3.80. The van der Waals surface area contributed by atoms with Crippen LogP contribution in [-0.4, -0.2) is 6.10 Å². The van der Waals surface area contributed by atoms with Crippen molar-refractivity contribution in [3.8, 4) is 5.75 Å². The summed E-state index contributed by atoms with van der Waals surface area (Å²) in [6.07, 6.45) is 1.01. The first kappa shape index (κ1) is 14.1. The summed E-state index contributed by atoms with van der Waals surface area (Å²) < 4.78 is 5.85. The molecule has 0 spiro atoms. The van der Waals surface area contributed by atoms with E-state index in [1.807, 2.05) is 32.0 Å². The number of hydrogen-bond donors (Lipinski definition) is 2. The number of hydrazine groups is 1. The van der Waals surface area contributed by atoms with Gasteiger partial charge < -0.3 is 4.74 Å². The Morgan fingerprint density at radius 3 is 2.68 bits per heavy atom. The number of hydrogen-bond acceptors (Lipinski definition) is 4. The molecule has 1 aromatic heterocycles. The highest BCUT2D eigenvalue weighted by Crippen LogP contribution is 2.28. The van der Waals surface area contributed by atoms with Crippen molar-refractivity contribution >= 4 is 11.3 Å². The summed E-state index contributed by atoms with van der Waals surface area (Å²) in [6, 6.07) is 10.2. The molecule has 0 saturated heterocycles. The minimum Gasteiger partial charge on any atom is -0.491 e. The van der Waals surface area contributed by atoms with Crippen LogP contribution in [-0.2, 0) is 6.42 Å². The van der Waals surface area contributed by atoms with E-state index in [0.717, 1.165) is 17.7 Å². The lowest BCUT2D eigenvalue weighted by Gasteiger charge is -2.21. The lowest BCUT2D eigenvalue weighted by atomic mass is 10.00. The van der Waals surface area contributed by atoms with Gasteiger partial charge in [0.1, 0.15) is 5.75 Å². The second kappa shape index (κ2) is 6.70. The summed E-state index contributed by atoms with van der Waals surface area (Å²) in [5.74, 6) is 6.62. The van der Waals surface area contributed by atoms with Crippen molar-refractivity contribution in [2.24, 2.45) is 5.84 Å². The molecule has 1 heterocycles. The molecule has 0 amide bonds. The van der Waals surface area contributed by atoms with Gasteiger partial charge in [0, 0.05) is 5.56 Å². The Bertz CT molecular complexity index is 497. The van der Waals surface area contributed by atoms with Crippen LogP contribution >= 0.6 is 11.3 Å². The first-order chi connectivity index (χ1) is 9.20. The van der Waals surface area contributed by atoms with Gasteiger partial charge in [0.15, 0.2) is 0 Å². The molecule has 0 saturated carbocycles. The third-order valence-electron chi connectivity index (χ3n) is 2.88. The first-order valence-electron chi connectivity index (χ1n) is 6.43. The molecule has 102 valence electrons. The van der Waals surface area contributed by atoms with E-state index in [-0.39, 0.29) is 12.1 Å². The van der Waals surface area contributed by atoms with Gasteiger partial charge in [-0.15, -0.1) is 0 Å². The van der Waals surface area contributed by atoms with E-state index in [9.17, 15) is 0 Å². The second-order valence-electron chi connectivity index (χ2n) is 4.76. The Morgan fingerprint density at radius 1 is 1.26 bits per heavy atom. The molecule has 0 fully saturated rings. The molecule has 0 aliphatic heterocycles. The zero-order valence-electron chi connectivity index (χ0n) is 11.3. The molecule has 0 bridgehead atoms. The minimum absolute atomic E-state index is 0.0598. The molecule has 3 nitrogen and oxygen atoms in total. The van der Waals surface area contributed by atoms with E-state index in [4.69, 9.17) is 10.6 Å². The number of nitrogens with one attached hydrogen (secondary N) is 1. The standard InChI is InChI=1S/C15H20N2OS/c1-11(2)18-15-6-4-3-5-13(15)14(17-16)9-12-7-8-19-10-12/h3-8,10-11,14,17H,9,16H2,1-2H3. The first-order valence-corrected chi connectivity index (χ1v) is 7.37. The monoisotopic (exact) mass is 276 g/mol. The van der Waals surface area contributed by atoms with Crippen molar-refractivity contribution in [3.63, 3.8) is 0 Å². The Kier molecular flexibility index (Phi) is 4.96. The maximum atomic E-state index is 5.85. The van der Waals surface area contributed by atoms with Crippen molar-refractivity contribution in [1.29, 1.82) is 0 Å². The molecule has 1 atom stereocenters. The summed E-state index contributed by atoms with van der Waals surface area (Å²) in [5, 5.41) is 4.23. The fourth-order valence-electron chi connectivity index (χ4n) is 2.03. The van der Waals surface area contributed by atoms with Gasteiger partial charge >= 0.3 is 0 Å². The molecule has 0 radical (unpaired) electrons. The lowest BCUT2D eigenvalue weighted by molar-refractivity contribution is 0.237. The Morgan fingerprint density at radius 2 is 2.05 bits per heavy atom. The predicted octanol–water partition coefficient (Wildman–Crippen LogP) is 3.28. The Balaban J connectivity index is 2.22. The number of ether oxygens (including phenoxy) is 1. The van der Waals surface area contributed by atoms with E-state index < -0.39 is 0 Å². The summed E-state index contributed by atoms with van der Waals surface area (Å²) >= 11 is 1.70. The van der Waals surface area contributed by atoms with Crippen molar-refractivity contribution in [2.45, 2.75) is 32.4 Å². The SMILES string of the molecule is CC(C)Oc1ccccc1C(Cc1ccsc1)NN. The zero-order chi connectivity index (χ0) is 13.7. The highest BCUT2D eigenvalue weighted by Gasteiger charge is 2.16. The van der Waals surface area contributed by atoms with Crippen molar-refractivity contribution in [3.05, 3.63) is 52.2 Å². The van der Waals surface area contributed by atoms with Crippen molar-refractivity contribution < 1.29 is 4.74 Å². The van der Waals surface area contributed by atoms with Crippen LogP contribution in [0.3, 0.4) is 0 Å². The van der Waals surface area contributed by atoms with Gasteiger partial charge in [0.25, 0.3) is 0 Å². The van der Waals surface area contributed by atoms with Gasteiger partial charge in [-0.3, -0.25) is 11.3 Å². The van der Waals surface area contributed by atoms with Gasteiger partial charge in [-0.05, 0) is 48.7 Å². The van der Waals surface area contributed by atoms with Gasteiger partial charge in [-0.25, -0.2) is 0 Å². The van der Waals surface area contributed by atoms with Crippen LogP contribution in [0.25, 0.3) is 0 Å². The quantitative estimate of drug-likeness (QED) is 0.629. The fourth-order valence-corrected chi connectivity index (χ4v) is 2.71. The number of thiophene rings is 1. The summed E-state index contributed by atoms with van der Waals surface area (Å²) in [4.78, 5) is 0. The van der Waals surface area contributed by atoms with Crippen LogP contribution in [0.1, 0.15) is 31.0 Å². The molecule has 0 aliphatic carbocycles. The largest absolute Gasteiger partial charge is 0.491 e. The van der Waals surface area contributed by atoms with Crippen LogP contribution in [0.5, 0.6) is 5.75 Å². The van der Waals surface area contributed by atoms with E-state index in [0.29, 0.717) is 0 Å². The molecule has 0 aliphatic rings. The average molecular weight is 276 g/mol. The van der Waals surface area contributed by atoms with Gasteiger partial charge in [0.2, 0.25) is 0 Å². The molecule has 2 rings (SSSR count). The van der Waals surface area contributed by atoms with E-state index in [2.05, 4.69) is 28.3 Å². The van der Waals surface area contributed by atoms with Crippen LogP contribution in [0.2, 0.25) is 0 Å². The van der Waals surface area contributed by atoms with Crippen molar-refractivity contribution in [2.75, 3.05) is 0 Å². The predicted molar refractivity (Wildman–Crippen MR) is 80.3 cm³/mol. The normalized spacial score (nSPS) is 12.6. The lowest BCUT2D eigenvalue weighted by Crippen LogP contribution is -2.30. The molecule has 1 aromatic carbocycles. The van der Waals surface area contributed by atoms with Crippen molar-refractivity contribution in [1.82, 2.24) is 5.43 Å². The highest BCUT2D eigenvalue weighted by molar-refractivity contribution is 7.07. The van der Waals surface area contributed by atoms with E-state index in [1.165, 1.54) is 5.56 Å². The Hall–Kier alpha value is -1.36. The maximum absolute atomic E-state index is 5.85. The molecular formula is C15H20N2OS. The minimum atomic E-state index is 0.0598. The third-order valence-corrected chi connectivity index (χ3v) is 3.61. The summed E-state index contributed by atoms with van der Waals surface area (Å²) in [7, 11) is 0. The van der Waals surface area contributed by atoms with E-state index >= 15 is 0 Å². The van der Waals surface area contributed by atoms with Crippen LogP contribution in [0, 0.1) is 0 Å². The average Bonchev–Trinajstić information content (AvgIpc) is 2.89. The van der Waals surface area contributed by atoms with Gasteiger partial charge in [-0.2, -0.15) is 11.3 Å². The number of nitrogens with two attached hydrogens (primary N) is 1. The molecule has 2 aromatic rings. The summed E-state index contributed by atoms with van der Waals surface area (Å²) in [6.45, 7) is 4.06. The molecule has 4 heteroatoms. The van der Waals surface area contributed by atoms with Crippen LogP contribution in [0.4, 0.5) is 0 Å². The topological polar surface area (TPSA) is 47.3 Å². The maximum Gasteiger partial charge on any atom is 0.124 e. The van der Waals surface area contributed by atoms with E-state index in [1.54, 1.807) is 11.3 Å². The molecule has 1 unspecified atom stereocenters. The van der Waals surface area contributed by atoms with Gasteiger partial charge in [-0.1, -0.05) is 18.2 Å². The molecular weight excluding hydrogens is 256 g/mol. The van der Waals surface area contributed by atoms with Crippen LogP contribution in [0.15, 0.2) is 41.1 Å². The Labute approximate surface area is 118 Å². The highest BCUT2D eigenvalue weighted by atomic mass is 32.1. The number of benzene rings is 1. The fraction of sp³-hybridized carbons (Fsp3) is 0.333. The summed E-state index contributed by atoms with van der Waals surface area (Å²) in [5.41, 5.74) is 5.28. The molecule has 3 N–H and O–H groups in total. The number of rotatable bonds is 6. The molecule has 19 heavy (non-hydrogen) atoms. The zero-order valence-corrected chi connectivity index (χ0v) is 12.1. The van der Waals surface area contributed by atoms with Crippen LogP contribution < -0.4 is 16.0 Å². The smallest absolute Gasteiger partial charge is 0.124 e. The van der Waals surface area contributed by atoms with Gasteiger partial charge in [0.05, 0.1) is 12.1 Å².